The molecule has 8 heteroatoms. The number of ether oxygens (including phenoxy) is 6. The van der Waals surface area contributed by atoms with Crippen LogP contribution in [-0.2, 0) is 6.42 Å². The minimum Gasteiger partial charge on any atom is -0.497 e. The molecule has 220 valence electrons. The summed E-state index contributed by atoms with van der Waals surface area (Å²) in [5.41, 5.74) is 2.90. The lowest BCUT2D eigenvalue weighted by Gasteiger charge is -2.38. The number of amides is 1. The highest BCUT2D eigenvalue weighted by Crippen LogP contribution is 2.46. The van der Waals surface area contributed by atoms with Gasteiger partial charge in [0.05, 0.1) is 41.6 Å². The van der Waals surface area contributed by atoms with Crippen molar-refractivity contribution in [2.75, 3.05) is 42.1 Å². The van der Waals surface area contributed by atoms with Crippen LogP contribution in [0.15, 0.2) is 78.9 Å². The average molecular weight is 580 g/mol. The number of fused-ring (bicyclic) bond motifs is 4. The summed E-state index contributed by atoms with van der Waals surface area (Å²) in [4.78, 5) is 15.7. The molecule has 0 saturated heterocycles. The van der Waals surface area contributed by atoms with E-state index >= 15 is 0 Å². The second-order valence-electron chi connectivity index (χ2n) is 10.2. The highest BCUT2D eigenvalue weighted by molar-refractivity contribution is 6.11. The highest BCUT2D eigenvalue weighted by Gasteiger charge is 2.36. The standard InChI is InChI=1S/C35H33NO7/c1-38-24-12-11-21-15-29(28-20-33(42-5)32(41-4)19-27(28)25(21)17-24)34-26-18-31(40-3)30(39-2)16-22(26)13-14-36(34)35(37)43-23-9-7-6-8-10-23/h6-12,15-20,34H,13-14H2,1-5H3. The van der Waals surface area contributed by atoms with E-state index in [0.717, 1.165) is 44.0 Å². The summed E-state index contributed by atoms with van der Waals surface area (Å²) in [5, 5.41) is 3.82. The Labute approximate surface area is 250 Å². The van der Waals surface area contributed by atoms with Crippen molar-refractivity contribution >= 4 is 27.6 Å². The van der Waals surface area contributed by atoms with Crippen LogP contribution in [0.4, 0.5) is 4.79 Å². The zero-order valence-corrected chi connectivity index (χ0v) is 24.8. The van der Waals surface area contributed by atoms with Gasteiger partial charge in [-0.3, -0.25) is 4.90 Å². The fraction of sp³-hybridized carbons (Fsp3) is 0.229. The van der Waals surface area contributed by atoms with Crippen LogP contribution >= 0.6 is 0 Å². The van der Waals surface area contributed by atoms with Gasteiger partial charge in [-0.05, 0) is 99.3 Å². The quantitative estimate of drug-likeness (QED) is 0.189. The van der Waals surface area contributed by atoms with E-state index in [4.69, 9.17) is 28.4 Å². The Bertz CT molecular complexity index is 1820. The number of para-hydroxylation sites is 1. The molecule has 0 saturated carbocycles. The number of hydrogen-bond acceptors (Lipinski definition) is 7. The van der Waals surface area contributed by atoms with E-state index in [-0.39, 0.29) is 0 Å². The Balaban J connectivity index is 1.64. The van der Waals surface area contributed by atoms with E-state index in [2.05, 4.69) is 6.07 Å². The van der Waals surface area contributed by atoms with E-state index < -0.39 is 12.1 Å². The maximum Gasteiger partial charge on any atom is 0.416 e. The summed E-state index contributed by atoms with van der Waals surface area (Å²) >= 11 is 0. The predicted octanol–water partition coefficient (Wildman–Crippen LogP) is 7.18. The van der Waals surface area contributed by atoms with E-state index in [0.29, 0.717) is 41.7 Å². The lowest BCUT2D eigenvalue weighted by Crippen LogP contribution is -2.42. The molecule has 43 heavy (non-hydrogen) atoms. The number of methoxy groups -OCH3 is 5. The Morgan fingerprint density at radius 1 is 0.628 bits per heavy atom. The van der Waals surface area contributed by atoms with Gasteiger partial charge in [-0.15, -0.1) is 0 Å². The maximum absolute atomic E-state index is 13.9. The molecular formula is C35H33NO7. The smallest absolute Gasteiger partial charge is 0.416 e. The highest BCUT2D eigenvalue weighted by atomic mass is 16.6. The molecule has 6 rings (SSSR count). The largest absolute Gasteiger partial charge is 0.497 e. The molecule has 0 bridgehead atoms. The summed E-state index contributed by atoms with van der Waals surface area (Å²) in [6, 6.07) is 24.6. The van der Waals surface area contributed by atoms with Gasteiger partial charge >= 0.3 is 6.09 Å². The first-order chi connectivity index (χ1) is 21.0. The molecule has 1 aliphatic heterocycles. The zero-order valence-electron chi connectivity index (χ0n) is 24.8. The molecule has 1 amide bonds. The average Bonchev–Trinajstić information content (AvgIpc) is 3.06. The molecule has 0 spiro atoms. The molecule has 5 aromatic rings. The molecule has 0 aliphatic carbocycles. The fourth-order valence-corrected chi connectivity index (χ4v) is 5.96. The summed E-state index contributed by atoms with van der Waals surface area (Å²) in [5.74, 6) is 3.63. The molecule has 1 aliphatic rings. The number of rotatable bonds is 7. The van der Waals surface area contributed by atoms with Crippen molar-refractivity contribution in [3.63, 3.8) is 0 Å². The third kappa shape index (κ3) is 4.99. The molecule has 1 heterocycles. The molecule has 8 nitrogen and oxygen atoms in total. The van der Waals surface area contributed by atoms with E-state index in [9.17, 15) is 4.79 Å². The molecule has 1 unspecified atom stereocenters. The van der Waals surface area contributed by atoms with Gasteiger partial charge in [-0.2, -0.15) is 0 Å². The lowest BCUT2D eigenvalue weighted by atomic mass is 9.84. The summed E-state index contributed by atoms with van der Waals surface area (Å²) < 4.78 is 34.3. The zero-order chi connectivity index (χ0) is 30.1. The Hall–Kier alpha value is -5.11. The first kappa shape index (κ1) is 28.0. The van der Waals surface area contributed by atoms with E-state index in [1.165, 1.54) is 0 Å². The number of nitrogens with zero attached hydrogens (tertiary/aromatic N) is 1. The van der Waals surface area contributed by atoms with Crippen molar-refractivity contribution in [1.82, 2.24) is 4.90 Å². The van der Waals surface area contributed by atoms with Crippen molar-refractivity contribution in [2.24, 2.45) is 0 Å². The maximum atomic E-state index is 13.9. The van der Waals surface area contributed by atoms with Gasteiger partial charge in [0.2, 0.25) is 0 Å². The van der Waals surface area contributed by atoms with Crippen LogP contribution in [0.3, 0.4) is 0 Å². The normalized spacial score (nSPS) is 14.3. The number of hydrogen-bond donors (Lipinski definition) is 0. The van der Waals surface area contributed by atoms with Crippen LogP contribution in [-0.4, -0.2) is 53.1 Å². The third-order valence-electron chi connectivity index (χ3n) is 8.05. The van der Waals surface area contributed by atoms with Crippen molar-refractivity contribution in [2.45, 2.75) is 12.5 Å². The van der Waals surface area contributed by atoms with Crippen LogP contribution in [0, 0.1) is 0 Å². The fourth-order valence-electron chi connectivity index (χ4n) is 5.96. The van der Waals surface area contributed by atoms with Gasteiger partial charge in [-0.1, -0.05) is 24.3 Å². The molecule has 0 fully saturated rings. The predicted molar refractivity (Wildman–Crippen MR) is 165 cm³/mol. The molecule has 0 N–H and O–H groups in total. The molecule has 0 aromatic heterocycles. The van der Waals surface area contributed by atoms with Gasteiger partial charge in [0.1, 0.15) is 11.5 Å². The van der Waals surface area contributed by atoms with Crippen LogP contribution in [0.2, 0.25) is 0 Å². The first-order valence-electron chi connectivity index (χ1n) is 13.9. The number of carbonyl (C=O) groups excluding carboxylic acids is 1. The van der Waals surface area contributed by atoms with E-state index in [1.807, 2.05) is 60.7 Å². The first-order valence-corrected chi connectivity index (χ1v) is 13.9. The van der Waals surface area contributed by atoms with Crippen LogP contribution in [0.1, 0.15) is 22.7 Å². The second-order valence-corrected chi connectivity index (χ2v) is 10.2. The van der Waals surface area contributed by atoms with Gasteiger partial charge < -0.3 is 28.4 Å². The third-order valence-corrected chi connectivity index (χ3v) is 8.05. The van der Waals surface area contributed by atoms with Gasteiger partial charge in [-0.25, -0.2) is 4.79 Å². The molecule has 0 radical (unpaired) electrons. The number of carbonyl (C=O) groups is 1. The Morgan fingerprint density at radius 2 is 1.28 bits per heavy atom. The molecule has 1 atom stereocenters. The van der Waals surface area contributed by atoms with E-state index in [1.54, 1.807) is 52.6 Å². The Morgan fingerprint density at radius 3 is 1.95 bits per heavy atom. The summed E-state index contributed by atoms with van der Waals surface area (Å²) in [6.07, 6.45) is 0.177. The van der Waals surface area contributed by atoms with Crippen LogP contribution in [0.5, 0.6) is 34.5 Å². The molecular weight excluding hydrogens is 546 g/mol. The van der Waals surface area contributed by atoms with Gasteiger partial charge in [0.15, 0.2) is 23.0 Å². The molecule has 5 aromatic carbocycles. The van der Waals surface area contributed by atoms with Crippen LogP contribution in [0.25, 0.3) is 21.5 Å². The number of benzene rings is 5. The van der Waals surface area contributed by atoms with Crippen LogP contribution < -0.4 is 28.4 Å². The van der Waals surface area contributed by atoms with Crippen molar-refractivity contribution in [1.29, 1.82) is 0 Å². The van der Waals surface area contributed by atoms with Crippen molar-refractivity contribution in [3.8, 4) is 34.5 Å². The SMILES string of the molecule is COc1ccc2cc(C3c4cc(OC)c(OC)cc4CCN3C(=O)Oc3ccccc3)c3cc(OC)c(OC)cc3c2c1. The summed E-state index contributed by atoms with van der Waals surface area (Å²) in [7, 11) is 8.12. The second kappa shape index (κ2) is 11.6. The minimum atomic E-state index is -0.508. The monoisotopic (exact) mass is 579 g/mol. The van der Waals surface area contributed by atoms with Crippen molar-refractivity contribution < 1.29 is 33.2 Å². The van der Waals surface area contributed by atoms with Crippen molar-refractivity contribution in [3.05, 3.63) is 95.6 Å². The summed E-state index contributed by atoms with van der Waals surface area (Å²) in [6.45, 7) is 0.439. The Kier molecular flexibility index (Phi) is 7.59. The topological polar surface area (TPSA) is 75.7 Å². The minimum absolute atomic E-state index is 0.439. The van der Waals surface area contributed by atoms with Gasteiger partial charge in [0, 0.05) is 6.54 Å². The lowest BCUT2D eigenvalue weighted by molar-refractivity contribution is 0.136. The van der Waals surface area contributed by atoms with Gasteiger partial charge in [0.25, 0.3) is 0 Å².